The Balaban J connectivity index is 2.92. The number of phenolic OH excluding ortho intramolecular Hbond substituents is 1. The van der Waals surface area contributed by atoms with Crippen LogP contribution in [0.4, 0.5) is 0 Å². The van der Waals surface area contributed by atoms with Crippen LogP contribution in [-0.2, 0) is 25.6 Å². The minimum Gasteiger partial charge on any atom is -0.508 e. The zero-order valence-corrected chi connectivity index (χ0v) is 21.2. The van der Waals surface area contributed by atoms with Gasteiger partial charge in [-0.3, -0.25) is 14.4 Å². The van der Waals surface area contributed by atoms with E-state index in [1.54, 1.807) is 13.8 Å². The van der Waals surface area contributed by atoms with Crippen molar-refractivity contribution >= 4 is 35.5 Å². The summed E-state index contributed by atoms with van der Waals surface area (Å²) in [4.78, 5) is 49.8. The van der Waals surface area contributed by atoms with Gasteiger partial charge in [-0.25, -0.2) is 4.79 Å². The Kier molecular flexibility index (Phi) is 12.5. The van der Waals surface area contributed by atoms with E-state index in [2.05, 4.69) is 16.0 Å². The first-order valence-corrected chi connectivity index (χ1v) is 12.6. The highest BCUT2D eigenvalue weighted by Gasteiger charge is 2.33. The third-order valence-corrected chi connectivity index (χ3v) is 5.91. The molecule has 0 aliphatic rings. The highest BCUT2D eigenvalue weighted by atomic mass is 32.2. The van der Waals surface area contributed by atoms with Gasteiger partial charge in [0.2, 0.25) is 17.7 Å². The van der Waals surface area contributed by atoms with Crippen molar-refractivity contribution in [3.63, 3.8) is 0 Å². The van der Waals surface area contributed by atoms with Crippen LogP contribution in [0.1, 0.15) is 32.8 Å². The Labute approximate surface area is 209 Å². The van der Waals surface area contributed by atoms with Crippen molar-refractivity contribution in [3.05, 3.63) is 29.8 Å². The highest BCUT2D eigenvalue weighted by molar-refractivity contribution is 7.98. The number of carboxylic acid groups (broad SMARTS) is 1. The number of aliphatic carboxylic acids is 1. The molecule has 0 aromatic heterocycles. The summed E-state index contributed by atoms with van der Waals surface area (Å²) in [6, 6.07) is 1.18. The Morgan fingerprint density at radius 1 is 0.943 bits per heavy atom. The predicted molar refractivity (Wildman–Crippen MR) is 133 cm³/mol. The Morgan fingerprint density at radius 3 is 1.97 bits per heavy atom. The van der Waals surface area contributed by atoms with Gasteiger partial charge in [-0.05, 0) is 49.0 Å². The molecule has 0 aliphatic heterocycles. The van der Waals surface area contributed by atoms with Crippen molar-refractivity contribution in [2.24, 2.45) is 11.7 Å². The van der Waals surface area contributed by atoms with Gasteiger partial charge in [-0.1, -0.05) is 26.0 Å². The molecule has 1 aromatic rings. The first kappa shape index (κ1) is 30.2. The number of aliphatic hydroxyl groups excluding tert-OH is 1. The van der Waals surface area contributed by atoms with Crippen molar-refractivity contribution in [3.8, 4) is 5.75 Å². The molecule has 1 rings (SSSR count). The predicted octanol–water partition coefficient (Wildman–Crippen LogP) is -0.409. The Morgan fingerprint density at radius 2 is 1.49 bits per heavy atom. The molecule has 0 bridgehead atoms. The third-order valence-electron chi connectivity index (χ3n) is 5.27. The van der Waals surface area contributed by atoms with Crippen LogP contribution in [0, 0.1) is 5.92 Å². The van der Waals surface area contributed by atoms with Gasteiger partial charge in [0.05, 0.1) is 12.1 Å². The van der Waals surface area contributed by atoms with Crippen LogP contribution >= 0.6 is 11.8 Å². The summed E-state index contributed by atoms with van der Waals surface area (Å²) < 4.78 is 0. The van der Waals surface area contributed by atoms with Gasteiger partial charge in [0.15, 0.2) is 0 Å². The summed E-state index contributed by atoms with van der Waals surface area (Å²) in [5.74, 6) is -3.10. The SMILES string of the molecule is CSCCC(N)C(=O)NC(C(=O)NC(C(=O)NC(Cc1ccc(O)cc1)C(=O)O)C(C)O)C(C)C. The van der Waals surface area contributed by atoms with Crippen molar-refractivity contribution in [1.29, 1.82) is 0 Å². The van der Waals surface area contributed by atoms with E-state index in [4.69, 9.17) is 5.73 Å². The number of hydrogen-bond donors (Lipinski definition) is 7. The van der Waals surface area contributed by atoms with Crippen LogP contribution in [0.3, 0.4) is 0 Å². The number of nitrogens with two attached hydrogens (primary N) is 1. The largest absolute Gasteiger partial charge is 0.508 e. The van der Waals surface area contributed by atoms with E-state index in [1.165, 1.54) is 43.0 Å². The molecule has 1 aromatic carbocycles. The Hall–Kier alpha value is -2.83. The molecular weight excluding hydrogens is 476 g/mol. The number of hydrogen-bond acceptors (Lipinski definition) is 8. The minimum absolute atomic E-state index is 0.0125. The van der Waals surface area contributed by atoms with Gasteiger partial charge in [0.1, 0.15) is 23.9 Å². The molecule has 0 fully saturated rings. The van der Waals surface area contributed by atoms with Gasteiger partial charge in [0, 0.05) is 6.42 Å². The van der Waals surface area contributed by atoms with E-state index in [0.717, 1.165) is 0 Å². The number of carbonyl (C=O) groups excluding carboxylic acids is 3. The molecule has 5 unspecified atom stereocenters. The van der Waals surface area contributed by atoms with Gasteiger partial charge in [0.25, 0.3) is 0 Å². The van der Waals surface area contributed by atoms with Gasteiger partial charge in [-0.15, -0.1) is 0 Å². The summed E-state index contributed by atoms with van der Waals surface area (Å²) >= 11 is 1.54. The van der Waals surface area contributed by atoms with Gasteiger partial charge in [-0.2, -0.15) is 11.8 Å². The molecule has 3 amide bonds. The first-order valence-electron chi connectivity index (χ1n) is 11.2. The molecular formula is C23H36N4O7S. The molecule has 0 radical (unpaired) electrons. The van der Waals surface area contributed by atoms with E-state index >= 15 is 0 Å². The zero-order chi connectivity index (χ0) is 26.7. The van der Waals surface area contributed by atoms with Crippen LogP contribution < -0.4 is 21.7 Å². The van der Waals surface area contributed by atoms with Crippen LogP contribution in [0.25, 0.3) is 0 Å². The molecule has 0 saturated carbocycles. The van der Waals surface area contributed by atoms with Crippen molar-refractivity contribution in [1.82, 2.24) is 16.0 Å². The normalized spacial score (nSPS) is 15.4. The molecule has 0 saturated heterocycles. The third kappa shape index (κ3) is 10.1. The molecule has 11 nitrogen and oxygen atoms in total. The average Bonchev–Trinajstić information content (AvgIpc) is 2.79. The number of phenols is 1. The van der Waals surface area contributed by atoms with E-state index in [0.29, 0.717) is 17.7 Å². The lowest BCUT2D eigenvalue weighted by Gasteiger charge is -2.28. The number of thioether (sulfide) groups is 1. The molecule has 8 N–H and O–H groups in total. The fourth-order valence-corrected chi connectivity index (χ4v) is 3.64. The van der Waals surface area contributed by atoms with Crippen molar-refractivity contribution < 1.29 is 34.5 Å². The second-order valence-electron chi connectivity index (χ2n) is 8.62. The average molecular weight is 513 g/mol. The Bertz CT molecular complexity index is 864. The summed E-state index contributed by atoms with van der Waals surface area (Å²) in [5.41, 5.74) is 6.42. The molecule has 5 atom stereocenters. The summed E-state index contributed by atoms with van der Waals surface area (Å²) in [6.45, 7) is 4.68. The van der Waals surface area contributed by atoms with Gasteiger partial charge < -0.3 is 37.0 Å². The van der Waals surface area contributed by atoms with Crippen LogP contribution in [0.15, 0.2) is 24.3 Å². The van der Waals surface area contributed by atoms with E-state index in [1.807, 2.05) is 6.26 Å². The summed E-state index contributed by atoms with van der Waals surface area (Å²) in [7, 11) is 0. The minimum atomic E-state index is -1.47. The maximum atomic E-state index is 12.9. The number of carboxylic acids is 1. The maximum Gasteiger partial charge on any atom is 0.326 e. The number of aliphatic hydroxyl groups is 1. The maximum absolute atomic E-state index is 12.9. The fraction of sp³-hybridized carbons (Fsp3) is 0.565. The van der Waals surface area contributed by atoms with E-state index < -0.39 is 54.0 Å². The monoisotopic (exact) mass is 512 g/mol. The number of carbonyl (C=O) groups is 4. The van der Waals surface area contributed by atoms with Crippen LogP contribution in [-0.4, -0.2) is 81.3 Å². The zero-order valence-electron chi connectivity index (χ0n) is 20.4. The summed E-state index contributed by atoms with van der Waals surface area (Å²) in [6.07, 6.45) is 0.876. The second-order valence-corrected chi connectivity index (χ2v) is 9.60. The van der Waals surface area contributed by atoms with Crippen LogP contribution in [0.2, 0.25) is 0 Å². The quantitative estimate of drug-likeness (QED) is 0.174. The number of amides is 3. The lowest BCUT2D eigenvalue weighted by molar-refractivity contribution is -0.143. The number of benzene rings is 1. The lowest BCUT2D eigenvalue weighted by atomic mass is 10.0. The lowest BCUT2D eigenvalue weighted by Crippen LogP contribution is -2.61. The van der Waals surface area contributed by atoms with Crippen molar-refractivity contribution in [2.45, 2.75) is 63.9 Å². The number of nitrogens with one attached hydrogen (secondary N) is 3. The number of rotatable bonds is 14. The van der Waals surface area contributed by atoms with Crippen LogP contribution in [0.5, 0.6) is 5.75 Å². The summed E-state index contributed by atoms with van der Waals surface area (Å²) in [5, 5.41) is 36.4. The first-order chi connectivity index (χ1) is 16.4. The molecule has 0 spiro atoms. The standard InChI is InChI=1S/C23H36N4O7S/c1-12(2)18(26-20(30)16(24)9-10-35-4)21(31)27-19(13(3)28)22(32)25-17(23(33)34)11-14-5-7-15(29)8-6-14/h5-8,12-13,16-19,28-29H,9-11,24H2,1-4H3,(H,25,32)(H,26,30)(H,27,31)(H,33,34). The fourth-order valence-electron chi connectivity index (χ4n) is 3.15. The molecule has 196 valence electrons. The highest BCUT2D eigenvalue weighted by Crippen LogP contribution is 2.12. The van der Waals surface area contributed by atoms with Gasteiger partial charge >= 0.3 is 5.97 Å². The molecule has 12 heteroatoms. The van der Waals surface area contributed by atoms with E-state index in [-0.39, 0.29) is 18.1 Å². The number of aromatic hydroxyl groups is 1. The van der Waals surface area contributed by atoms with E-state index in [9.17, 15) is 34.5 Å². The van der Waals surface area contributed by atoms with Crippen molar-refractivity contribution in [2.75, 3.05) is 12.0 Å². The smallest absolute Gasteiger partial charge is 0.326 e. The topological polar surface area (TPSA) is 191 Å². The molecule has 35 heavy (non-hydrogen) atoms. The molecule has 0 heterocycles. The molecule has 0 aliphatic carbocycles. The second kappa shape index (κ2) is 14.5.